The zero-order valence-electron chi connectivity index (χ0n) is 10.4. The lowest BCUT2D eigenvalue weighted by Crippen LogP contribution is -2.42. The van der Waals surface area contributed by atoms with Crippen molar-refractivity contribution in [1.82, 2.24) is 4.98 Å². The van der Waals surface area contributed by atoms with Crippen LogP contribution in [-0.2, 0) is 0 Å². The van der Waals surface area contributed by atoms with Crippen LogP contribution in [0.4, 0.5) is 5.82 Å². The van der Waals surface area contributed by atoms with Crippen molar-refractivity contribution < 1.29 is 0 Å². The Kier molecular flexibility index (Phi) is 3.81. The molecule has 0 bridgehead atoms. The molecule has 98 valence electrons. The van der Waals surface area contributed by atoms with Crippen LogP contribution >= 0.6 is 27.5 Å². The highest BCUT2D eigenvalue weighted by molar-refractivity contribution is 9.10. The fraction of sp³-hybridized carbons (Fsp3) is 0.643. The number of piperidine rings is 1. The summed E-state index contributed by atoms with van der Waals surface area (Å²) in [6.07, 6.45) is 8.79. The van der Waals surface area contributed by atoms with Gasteiger partial charge in [-0.3, -0.25) is 0 Å². The van der Waals surface area contributed by atoms with E-state index in [2.05, 4.69) is 25.8 Å². The summed E-state index contributed by atoms with van der Waals surface area (Å²) in [5.74, 6) is 2.77. The first-order chi connectivity index (χ1) is 8.74. The summed E-state index contributed by atoms with van der Waals surface area (Å²) in [5, 5.41) is 0.763. The van der Waals surface area contributed by atoms with E-state index in [0.29, 0.717) is 0 Å². The maximum Gasteiger partial charge on any atom is 0.147 e. The Morgan fingerprint density at radius 2 is 2.00 bits per heavy atom. The fourth-order valence-corrected chi connectivity index (χ4v) is 4.18. The topological polar surface area (TPSA) is 16.1 Å². The third-order valence-electron chi connectivity index (χ3n) is 4.38. The van der Waals surface area contributed by atoms with E-state index in [1.165, 1.54) is 32.1 Å². The third kappa shape index (κ3) is 2.53. The SMILES string of the molecule is Clc1cc(Br)cnc1N1CCC2CCCCC2C1. The Labute approximate surface area is 122 Å². The van der Waals surface area contributed by atoms with E-state index < -0.39 is 0 Å². The maximum absolute atomic E-state index is 6.30. The molecule has 1 aliphatic heterocycles. The molecule has 0 amide bonds. The lowest BCUT2D eigenvalue weighted by molar-refractivity contribution is 0.202. The Bertz CT molecular complexity index is 438. The lowest BCUT2D eigenvalue weighted by atomic mass is 9.75. The molecule has 2 nitrogen and oxygen atoms in total. The first-order valence-electron chi connectivity index (χ1n) is 6.80. The van der Waals surface area contributed by atoms with Crippen LogP contribution in [0.5, 0.6) is 0 Å². The minimum atomic E-state index is 0.763. The number of pyridine rings is 1. The standard InChI is InChI=1S/C14H18BrClN2/c15-12-7-13(16)14(17-8-12)18-6-5-10-3-1-2-4-11(10)9-18/h7-8,10-11H,1-6,9H2. The molecular weight excluding hydrogens is 312 g/mol. The van der Waals surface area contributed by atoms with Crippen molar-refractivity contribution in [2.75, 3.05) is 18.0 Å². The van der Waals surface area contributed by atoms with Gasteiger partial charge in [-0.2, -0.15) is 0 Å². The Morgan fingerprint density at radius 3 is 2.78 bits per heavy atom. The van der Waals surface area contributed by atoms with Gasteiger partial charge < -0.3 is 4.90 Å². The van der Waals surface area contributed by atoms with Crippen LogP contribution in [0.25, 0.3) is 0 Å². The minimum absolute atomic E-state index is 0.763. The second-order valence-corrected chi connectivity index (χ2v) is 6.82. The summed E-state index contributed by atoms with van der Waals surface area (Å²) in [7, 11) is 0. The summed E-state index contributed by atoms with van der Waals surface area (Å²) in [6, 6.07) is 1.94. The van der Waals surface area contributed by atoms with Crippen LogP contribution in [0.3, 0.4) is 0 Å². The van der Waals surface area contributed by atoms with E-state index >= 15 is 0 Å². The minimum Gasteiger partial charge on any atom is -0.355 e. The van der Waals surface area contributed by atoms with Gasteiger partial charge in [0.25, 0.3) is 0 Å². The van der Waals surface area contributed by atoms with Gasteiger partial charge in [-0.1, -0.05) is 30.9 Å². The number of anilines is 1. The molecule has 2 unspecified atom stereocenters. The van der Waals surface area contributed by atoms with Crippen molar-refractivity contribution in [3.05, 3.63) is 21.8 Å². The maximum atomic E-state index is 6.30. The second-order valence-electron chi connectivity index (χ2n) is 5.50. The highest BCUT2D eigenvalue weighted by atomic mass is 79.9. The summed E-state index contributed by atoms with van der Waals surface area (Å²) in [5.41, 5.74) is 0. The molecule has 1 aromatic rings. The zero-order chi connectivity index (χ0) is 12.5. The van der Waals surface area contributed by atoms with Crippen LogP contribution in [0.1, 0.15) is 32.1 Å². The van der Waals surface area contributed by atoms with Gasteiger partial charge in [0, 0.05) is 23.8 Å². The lowest BCUT2D eigenvalue weighted by Gasteiger charge is -2.42. The molecule has 4 heteroatoms. The Balaban J connectivity index is 1.77. The average molecular weight is 330 g/mol. The number of aromatic nitrogens is 1. The van der Waals surface area contributed by atoms with Crippen LogP contribution in [0.2, 0.25) is 5.02 Å². The van der Waals surface area contributed by atoms with Crippen molar-refractivity contribution in [3.8, 4) is 0 Å². The average Bonchev–Trinajstić information content (AvgIpc) is 2.38. The molecule has 0 spiro atoms. The van der Waals surface area contributed by atoms with E-state index in [4.69, 9.17) is 11.6 Å². The van der Waals surface area contributed by atoms with Crippen LogP contribution < -0.4 is 4.90 Å². The first kappa shape index (κ1) is 12.7. The van der Waals surface area contributed by atoms with Gasteiger partial charge in [0.2, 0.25) is 0 Å². The van der Waals surface area contributed by atoms with E-state index in [1.54, 1.807) is 0 Å². The summed E-state index contributed by atoms with van der Waals surface area (Å²) < 4.78 is 0.948. The molecule has 0 aromatic carbocycles. The molecule has 1 aromatic heterocycles. The summed E-state index contributed by atoms with van der Waals surface area (Å²) in [6.45, 7) is 2.24. The number of nitrogens with zero attached hydrogens (tertiary/aromatic N) is 2. The Morgan fingerprint density at radius 1 is 1.22 bits per heavy atom. The van der Waals surface area contributed by atoms with Gasteiger partial charge in [-0.05, 0) is 46.7 Å². The normalized spacial score (nSPS) is 28.0. The predicted octanol–water partition coefficient (Wildman–Crippen LogP) is 4.51. The third-order valence-corrected chi connectivity index (χ3v) is 5.09. The Hall–Kier alpha value is -0.280. The van der Waals surface area contributed by atoms with Crippen LogP contribution in [-0.4, -0.2) is 18.1 Å². The molecule has 2 fully saturated rings. The van der Waals surface area contributed by atoms with Gasteiger partial charge in [-0.15, -0.1) is 0 Å². The predicted molar refractivity (Wildman–Crippen MR) is 79.2 cm³/mol. The number of hydrogen-bond acceptors (Lipinski definition) is 2. The zero-order valence-corrected chi connectivity index (χ0v) is 12.8. The van der Waals surface area contributed by atoms with E-state index in [0.717, 1.165) is 40.2 Å². The van der Waals surface area contributed by atoms with E-state index in [-0.39, 0.29) is 0 Å². The number of rotatable bonds is 1. The molecule has 0 N–H and O–H groups in total. The molecule has 2 aliphatic rings. The molecule has 1 saturated heterocycles. The highest BCUT2D eigenvalue weighted by Crippen LogP contribution is 2.38. The van der Waals surface area contributed by atoms with Crippen molar-refractivity contribution in [2.45, 2.75) is 32.1 Å². The fourth-order valence-electron chi connectivity index (χ4n) is 3.43. The van der Waals surface area contributed by atoms with Crippen molar-refractivity contribution >= 4 is 33.3 Å². The molecular formula is C14H18BrClN2. The van der Waals surface area contributed by atoms with Crippen molar-refractivity contribution in [3.63, 3.8) is 0 Å². The number of fused-ring (bicyclic) bond motifs is 1. The van der Waals surface area contributed by atoms with Gasteiger partial charge >= 0.3 is 0 Å². The molecule has 2 atom stereocenters. The van der Waals surface area contributed by atoms with Crippen molar-refractivity contribution in [2.24, 2.45) is 11.8 Å². The van der Waals surface area contributed by atoms with Gasteiger partial charge in [0.15, 0.2) is 0 Å². The monoisotopic (exact) mass is 328 g/mol. The smallest absolute Gasteiger partial charge is 0.147 e. The van der Waals surface area contributed by atoms with Crippen LogP contribution in [0.15, 0.2) is 16.7 Å². The molecule has 1 saturated carbocycles. The first-order valence-corrected chi connectivity index (χ1v) is 7.97. The second kappa shape index (κ2) is 5.38. The number of halogens is 2. The summed E-state index contributed by atoms with van der Waals surface area (Å²) in [4.78, 5) is 6.86. The number of hydrogen-bond donors (Lipinski definition) is 0. The molecule has 18 heavy (non-hydrogen) atoms. The molecule has 2 heterocycles. The van der Waals surface area contributed by atoms with Crippen molar-refractivity contribution in [1.29, 1.82) is 0 Å². The van der Waals surface area contributed by atoms with Crippen LogP contribution in [0, 0.1) is 11.8 Å². The van der Waals surface area contributed by atoms with Gasteiger partial charge in [0.05, 0.1) is 5.02 Å². The molecule has 3 rings (SSSR count). The molecule has 1 aliphatic carbocycles. The molecule has 0 radical (unpaired) electrons. The van der Waals surface area contributed by atoms with E-state index in [1.807, 2.05) is 12.3 Å². The van der Waals surface area contributed by atoms with Gasteiger partial charge in [0.1, 0.15) is 5.82 Å². The summed E-state index contributed by atoms with van der Waals surface area (Å²) >= 11 is 9.71. The highest BCUT2D eigenvalue weighted by Gasteiger charge is 2.32. The van der Waals surface area contributed by atoms with E-state index in [9.17, 15) is 0 Å². The largest absolute Gasteiger partial charge is 0.355 e. The van der Waals surface area contributed by atoms with Gasteiger partial charge in [-0.25, -0.2) is 4.98 Å². The quantitative estimate of drug-likeness (QED) is 0.753.